The Morgan fingerprint density at radius 3 is 1.41 bits per heavy atom. The van der Waals surface area contributed by atoms with Crippen LogP contribution in [0.1, 0.15) is 213 Å². The molecule has 0 heterocycles. The molecule has 0 fully saturated rings. The molecule has 0 rings (SSSR count). The molecule has 0 N–H and O–H groups in total. The molecule has 0 spiro atoms. The van der Waals surface area contributed by atoms with E-state index < -0.39 is 13.9 Å². The van der Waals surface area contributed by atoms with Crippen molar-refractivity contribution >= 4 is 13.8 Å². The second kappa shape index (κ2) is 39.1. The van der Waals surface area contributed by atoms with Crippen molar-refractivity contribution in [3.8, 4) is 0 Å². The van der Waals surface area contributed by atoms with Crippen LogP contribution in [0.2, 0.25) is 0 Å². The lowest BCUT2D eigenvalue weighted by molar-refractivity contribution is -0.870. The van der Waals surface area contributed by atoms with Gasteiger partial charge in [-0.3, -0.25) is 9.36 Å². The fourth-order valence-corrected chi connectivity index (χ4v) is 7.21. The fraction of sp³-hybridized carbons (Fsp3) is 0.933. The number of carbonyl (C=O) groups is 1. The molecule has 0 aromatic rings. The minimum atomic E-state index is -4.51. The van der Waals surface area contributed by atoms with E-state index in [1.54, 1.807) is 0 Å². The Bertz CT molecular complexity index is 879. The second-order valence-electron chi connectivity index (χ2n) is 16.8. The highest BCUT2D eigenvalue weighted by Crippen LogP contribution is 2.38. The number of phosphoric acid groups is 1. The topological polar surface area (TPSA) is 94.1 Å². The molecule has 0 aliphatic rings. The average molecular weight is 788 g/mol. The summed E-state index contributed by atoms with van der Waals surface area (Å²) in [4.78, 5) is 24.9. The van der Waals surface area contributed by atoms with E-state index in [1.165, 1.54) is 161 Å². The Hall–Kier alpha value is -0.760. The molecule has 0 aromatic carbocycles. The van der Waals surface area contributed by atoms with E-state index >= 15 is 0 Å². The Balaban J connectivity index is 3.98. The number of nitrogens with zero attached hydrogens (tertiary/aromatic N) is 1. The molecule has 8 nitrogen and oxygen atoms in total. The van der Waals surface area contributed by atoms with Gasteiger partial charge >= 0.3 is 5.97 Å². The molecule has 0 aliphatic heterocycles. The normalized spacial score (nSPS) is 13.8. The summed E-state index contributed by atoms with van der Waals surface area (Å²) in [5, 5.41) is 0. The van der Waals surface area contributed by atoms with Crippen molar-refractivity contribution in [1.82, 2.24) is 0 Å². The largest absolute Gasteiger partial charge is 0.756 e. The Morgan fingerprint density at radius 2 is 0.963 bits per heavy atom. The smallest absolute Gasteiger partial charge is 0.306 e. The molecule has 0 bridgehead atoms. The van der Waals surface area contributed by atoms with E-state index in [1.807, 2.05) is 21.1 Å². The summed E-state index contributed by atoms with van der Waals surface area (Å²) >= 11 is 0. The number of allylic oxidation sites excluding steroid dienone is 2. The first-order chi connectivity index (χ1) is 26.1. The SMILES string of the molecule is CCCCCCCCCC/C=C\CCCCCCCCCCCCCCOCC(COP(=O)([O-])OCC[N+](C)(C)C)OC(=O)CCCCCCCCCC. The van der Waals surface area contributed by atoms with Crippen molar-refractivity contribution in [2.45, 2.75) is 219 Å². The highest BCUT2D eigenvalue weighted by Gasteiger charge is 2.20. The van der Waals surface area contributed by atoms with Gasteiger partial charge in [-0.1, -0.05) is 180 Å². The standard InChI is InChI=1S/C45H90NO7P/c1-6-8-10-12-14-16-17-18-19-20-21-22-23-24-25-26-27-28-29-30-31-33-35-37-40-50-42-44(43-52-54(48,49)51-41-39-46(3,4)5)53-45(47)38-36-34-32-15-13-11-9-7-2/h20-21,44H,6-19,22-43H2,1-5H3/b21-20-. The number of hydrogen-bond acceptors (Lipinski definition) is 7. The number of unbranched alkanes of at least 4 members (excludes halogenated alkanes) is 27. The van der Waals surface area contributed by atoms with Crippen molar-refractivity contribution in [3.63, 3.8) is 0 Å². The number of hydrogen-bond donors (Lipinski definition) is 0. The molecule has 9 heteroatoms. The van der Waals surface area contributed by atoms with Gasteiger partial charge in [0.1, 0.15) is 19.3 Å². The van der Waals surface area contributed by atoms with E-state index in [0.717, 1.165) is 32.1 Å². The van der Waals surface area contributed by atoms with E-state index in [0.29, 0.717) is 24.1 Å². The van der Waals surface area contributed by atoms with Crippen molar-refractivity contribution in [2.75, 3.05) is 54.1 Å². The number of ether oxygens (including phenoxy) is 2. The molecule has 2 unspecified atom stereocenters. The van der Waals surface area contributed by atoms with E-state index in [2.05, 4.69) is 26.0 Å². The van der Waals surface area contributed by atoms with Crippen LogP contribution in [0.15, 0.2) is 12.2 Å². The van der Waals surface area contributed by atoms with Gasteiger partial charge < -0.3 is 27.9 Å². The Morgan fingerprint density at radius 1 is 0.556 bits per heavy atom. The third-order valence-electron chi connectivity index (χ3n) is 10.1. The van der Waals surface area contributed by atoms with E-state index in [9.17, 15) is 14.3 Å². The zero-order valence-corrected chi connectivity index (χ0v) is 37.3. The van der Waals surface area contributed by atoms with Gasteiger partial charge in [0.2, 0.25) is 0 Å². The van der Waals surface area contributed by atoms with Crippen LogP contribution in [0, 0.1) is 0 Å². The van der Waals surface area contributed by atoms with Crippen LogP contribution < -0.4 is 4.89 Å². The third kappa shape index (κ3) is 42.4. The molecule has 54 heavy (non-hydrogen) atoms. The molecule has 0 radical (unpaired) electrons. The van der Waals surface area contributed by atoms with Crippen LogP contribution in [-0.2, 0) is 27.9 Å². The maximum Gasteiger partial charge on any atom is 0.306 e. The minimum absolute atomic E-state index is 0.0292. The van der Waals surface area contributed by atoms with Gasteiger partial charge in [-0.2, -0.15) is 0 Å². The summed E-state index contributed by atoms with van der Waals surface area (Å²) in [6, 6.07) is 0. The van der Waals surface area contributed by atoms with E-state index in [-0.39, 0.29) is 25.8 Å². The Kier molecular flexibility index (Phi) is 38.5. The van der Waals surface area contributed by atoms with Crippen molar-refractivity contribution in [1.29, 1.82) is 0 Å². The van der Waals surface area contributed by atoms with Crippen LogP contribution in [0.4, 0.5) is 0 Å². The van der Waals surface area contributed by atoms with Crippen LogP contribution in [0.3, 0.4) is 0 Å². The van der Waals surface area contributed by atoms with Crippen molar-refractivity contribution < 1.29 is 37.3 Å². The number of carbonyl (C=O) groups excluding carboxylic acids is 1. The molecule has 322 valence electrons. The number of phosphoric ester groups is 1. The lowest BCUT2D eigenvalue weighted by atomic mass is 10.0. The molecule has 0 saturated heterocycles. The minimum Gasteiger partial charge on any atom is -0.756 e. The van der Waals surface area contributed by atoms with E-state index in [4.69, 9.17) is 18.5 Å². The van der Waals surface area contributed by atoms with Gasteiger partial charge in [-0.05, 0) is 38.5 Å². The maximum atomic E-state index is 12.6. The lowest BCUT2D eigenvalue weighted by Crippen LogP contribution is -2.37. The highest BCUT2D eigenvalue weighted by molar-refractivity contribution is 7.45. The Labute approximate surface area is 335 Å². The van der Waals surface area contributed by atoms with Crippen molar-refractivity contribution in [2.24, 2.45) is 0 Å². The van der Waals surface area contributed by atoms with Gasteiger partial charge in [0.05, 0.1) is 34.4 Å². The van der Waals surface area contributed by atoms with Gasteiger partial charge in [-0.15, -0.1) is 0 Å². The van der Waals surface area contributed by atoms with Crippen LogP contribution in [-0.4, -0.2) is 70.7 Å². The first-order valence-corrected chi connectivity index (χ1v) is 24.4. The summed E-state index contributed by atoms with van der Waals surface area (Å²) in [6.45, 7) is 5.41. The monoisotopic (exact) mass is 788 g/mol. The molecule has 0 amide bonds. The molecule has 0 saturated carbocycles. The molecule has 2 atom stereocenters. The number of rotatable bonds is 43. The van der Waals surface area contributed by atoms with Gasteiger partial charge in [0, 0.05) is 13.0 Å². The van der Waals surface area contributed by atoms with Crippen LogP contribution in [0.25, 0.3) is 0 Å². The van der Waals surface area contributed by atoms with Gasteiger partial charge in [0.25, 0.3) is 7.82 Å². The molecule has 0 aromatic heterocycles. The fourth-order valence-electron chi connectivity index (χ4n) is 6.48. The predicted molar refractivity (Wildman–Crippen MR) is 227 cm³/mol. The summed E-state index contributed by atoms with van der Waals surface area (Å²) in [7, 11) is 1.37. The summed E-state index contributed by atoms with van der Waals surface area (Å²) < 4.78 is 34.5. The summed E-state index contributed by atoms with van der Waals surface area (Å²) in [6.07, 6.45) is 42.5. The number of quaternary nitrogens is 1. The first-order valence-electron chi connectivity index (χ1n) is 22.9. The third-order valence-corrected chi connectivity index (χ3v) is 11.0. The summed E-state index contributed by atoms with van der Waals surface area (Å²) in [5.74, 6) is -0.336. The predicted octanol–water partition coefficient (Wildman–Crippen LogP) is 12.8. The second-order valence-corrected chi connectivity index (χ2v) is 18.2. The molecule has 0 aliphatic carbocycles. The summed E-state index contributed by atoms with van der Waals surface area (Å²) in [5.41, 5.74) is 0. The zero-order valence-electron chi connectivity index (χ0n) is 36.4. The van der Waals surface area contributed by atoms with Gasteiger partial charge in [0.15, 0.2) is 0 Å². The first kappa shape index (κ1) is 53.2. The highest BCUT2D eigenvalue weighted by atomic mass is 31.2. The average Bonchev–Trinajstić information content (AvgIpc) is 3.12. The van der Waals surface area contributed by atoms with Gasteiger partial charge in [-0.25, -0.2) is 0 Å². The number of likely N-dealkylation sites (N-methyl/N-ethyl adjacent to an activating group) is 1. The molecular weight excluding hydrogens is 697 g/mol. The quantitative estimate of drug-likeness (QED) is 0.0200. The van der Waals surface area contributed by atoms with Crippen LogP contribution in [0.5, 0.6) is 0 Å². The molecular formula is C45H90NO7P. The lowest BCUT2D eigenvalue weighted by Gasteiger charge is -2.28. The maximum absolute atomic E-state index is 12.6. The van der Waals surface area contributed by atoms with Crippen LogP contribution >= 0.6 is 7.82 Å². The number of esters is 1. The zero-order chi connectivity index (χ0) is 39.9. The van der Waals surface area contributed by atoms with Crippen molar-refractivity contribution in [3.05, 3.63) is 12.2 Å².